The van der Waals surface area contributed by atoms with Crippen molar-refractivity contribution in [2.45, 2.75) is 52.3 Å². The van der Waals surface area contributed by atoms with E-state index in [-0.39, 0.29) is 11.4 Å². The monoisotopic (exact) mass is 379 g/mol. The van der Waals surface area contributed by atoms with Gasteiger partial charge in [0.05, 0.1) is 0 Å². The summed E-state index contributed by atoms with van der Waals surface area (Å²) in [5, 5.41) is 3.42. The van der Waals surface area contributed by atoms with Gasteiger partial charge in [0.2, 0.25) is 5.82 Å². The molecule has 146 valence electrons. The molecule has 1 aromatic heterocycles. The molecule has 0 unspecified atom stereocenters. The zero-order chi connectivity index (χ0) is 20.0. The van der Waals surface area contributed by atoms with Crippen molar-refractivity contribution in [2.75, 3.05) is 6.54 Å². The van der Waals surface area contributed by atoms with Crippen molar-refractivity contribution in [1.29, 1.82) is 0 Å². The van der Waals surface area contributed by atoms with Gasteiger partial charge in [0.25, 0.3) is 0 Å². The molecular weight excluding hydrogens is 355 g/mol. The van der Waals surface area contributed by atoms with E-state index in [0.717, 1.165) is 19.4 Å². The van der Waals surface area contributed by atoms with Crippen molar-refractivity contribution in [1.82, 2.24) is 15.3 Å². The highest BCUT2D eigenvalue weighted by molar-refractivity contribution is 5.92. The summed E-state index contributed by atoms with van der Waals surface area (Å²) >= 11 is 0. The number of halogens is 3. The maximum absolute atomic E-state index is 12.2. The smallest absolute Gasteiger partial charge is 0.314 e. The average molecular weight is 379 g/mol. The van der Waals surface area contributed by atoms with Crippen LogP contribution >= 0.6 is 0 Å². The van der Waals surface area contributed by atoms with Gasteiger partial charge in [-0.05, 0) is 49.9 Å². The average Bonchev–Trinajstić information content (AvgIpc) is 2.58. The molecule has 0 radical (unpaired) electrons. The summed E-state index contributed by atoms with van der Waals surface area (Å²) in [7, 11) is 0. The zero-order valence-corrected chi connectivity index (χ0v) is 15.7. The summed E-state index contributed by atoms with van der Waals surface area (Å²) in [6, 6.07) is 11.0. The van der Waals surface area contributed by atoms with Gasteiger partial charge in [-0.1, -0.05) is 31.2 Å². The van der Waals surface area contributed by atoms with Gasteiger partial charge in [0.1, 0.15) is 5.69 Å². The molecule has 1 atom stereocenters. The molecule has 0 spiro atoms. The predicted octanol–water partition coefficient (Wildman–Crippen LogP) is 4.16. The van der Waals surface area contributed by atoms with Crippen LogP contribution in [0, 0.1) is 6.92 Å². The first kappa shape index (κ1) is 21.0. The molecule has 1 saturated heterocycles. The van der Waals surface area contributed by atoms with E-state index >= 15 is 0 Å². The lowest BCUT2D eigenvalue weighted by Crippen LogP contribution is -2.44. The van der Waals surface area contributed by atoms with Crippen LogP contribution in [0.1, 0.15) is 53.4 Å². The highest BCUT2D eigenvalue weighted by atomic mass is 19.4. The van der Waals surface area contributed by atoms with Crippen molar-refractivity contribution in [3.05, 3.63) is 58.7 Å². The van der Waals surface area contributed by atoms with Gasteiger partial charge >= 0.3 is 6.18 Å². The topological polar surface area (TPSA) is 54.9 Å². The normalized spacial score (nSPS) is 16.1. The lowest BCUT2D eigenvalue weighted by atomic mass is 9.97. The molecule has 2 heterocycles. The second kappa shape index (κ2) is 9.08. The zero-order valence-electron chi connectivity index (χ0n) is 15.7. The molecule has 1 fully saturated rings. The third-order valence-corrected chi connectivity index (χ3v) is 4.31. The Morgan fingerprint density at radius 1 is 1.19 bits per heavy atom. The highest BCUT2D eigenvalue weighted by Gasteiger charge is 2.35. The van der Waals surface area contributed by atoms with Gasteiger partial charge in [-0.15, -0.1) is 0 Å². The second-order valence-corrected chi connectivity index (χ2v) is 6.59. The summed E-state index contributed by atoms with van der Waals surface area (Å²) in [6.07, 6.45) is -0.933. The molecular formula is C20H24F3N3O. The van der Waals surface area contributed by atoms with Gasteiger partial charge in [-0.3, -0.25) is 4.79 Å². The Balaban J connectivity index is 0.000000194. The molecule has 0 amide bonds. The lowest BCUT2D eigenvalue weighted by Gasteiger charge is -2.27. The first-order chi connectivity index (χ1) is 12.7. The minimum Gasteiger partial charge on any atom is -0.314 e. The number of hydrogen-bond donors (Lipinski definition) is 1. The number of aryl methyl sites for hydroxylation is 2. The lowest BCUT2D eigenvalue weighted by molar-refractivity contribution is -0.145. The summed E-state index contributed by atoms with van der Waals surface area (Å²) < 4.78 is 36.5. The number of aromatic nitrogens is 2. The number of hydrogen-bond acceptors (Lipinski definition) is 4. The maximum atomic E-state index is 12.2. The standard InChI is InChI=1S/C12H17N.C8H7F3N2O/c1-2-10-3-5-11(6-4-10)9-12-7-8-13-12;1-4-3-6(5(2)14)13-7(12-4)8(9,10)11/h3-6,12-13H,2,7-9H2,1H3;3H,1-2H3/t12-;/m0./s1. The van der Waals surface area contributed by atoms with E-state index in [4.69, 9.17) is 0 Å². The Bertz CT molecular complexity index is 769. The van der Waals surface area contributed by atoms with Gasteiger partial charge < -0.3 is 5.32 Å². The fourth-order valence-electron chi connectivity index (χ4n) is 2.59. The van der Waals surface area contributed by atoms with E-state index in [1.807, 2.05) is 0 Å². The van der Waals surface area contributed by atoms with Gasteiger partial charge in [0, 0.05) is 18.7 Å². The first-order valence-electron chi connectivity index (χ1n) is 8.94. The number of benzene rings is 1. The van der Waals surface area contributed by atoms with Crippen molar-refractivity contribution >= 4 is 5.78 Å². The molecule has 0 saturated carbocycles. The SMILES string of the molecule is CC(=O)c1cc(C)nc(C(F)(F)F)n1.CCc1ccc(C[C@@H]2CCN2)cc1. The van der Waals surface area contributed by atoms with Crippen LogP contribution < -0.4 is 5.32 Å². The van der Waals surface area contributed by atoms with Crippen LogP contribution in [-0.4, -0.2) is 28.3 Å². The molecule has 1 N–H and O–H groups in total. The second-order valence-electron chi connectivity index (χ2n) is 6.59. The Morgan fingerprint density at radius 2 is 1.78 bits per heavy atom. The largest absolute Gasteiger partial charge is 0.451 e. The maximum Gasteiger partial charge on any atom is 0.451 e. The molecule has 2 aromatic rings. The van der Waals surface area contributed by atoms with Crippen molar-refractivity contribution in [2.24, 2.45) is 0 Å². The van der Waals surface area contributed by atoms with Gasteiger partial charge in [0.15, 0.2) is 5.78 Å². The molecule has 4 nitrogen and oxygen atoms in total. The number of Topliss-reactive ketones (excluding diaryl/α,β-unsaturated/α-hetero) is 1. The number of ketones is 1. The molecule has 1 aliphatic rings. The minimum absolute atomic E-state index is 0.123. The Labute approximate surface area is 157 Å². The van der Waals surface area contributed by atoms with Crippen LogP contribution in [0.2, 0.25) is 0 Å². The molecule has 3 rings (SSSR count). The van der Waals surface area contributed by atoms with E-state index in [0.29, 0.717) is 0 Å². The van der Waals surface area contributed by atoms with Crippen LogP contribution in [0.3, 0.4) is 0 Å². The fourth-order valence-corrected chi connectivity index (χ4v) is 2.59. The number of alkyl halides is 3. The Hall–Kier alpha value is -2.28. The van der Waals surface area contributed by atoms with E-state index < -0.39 is 17.8 Å². The molecule has 0 aliphatic carbocycles. The third kappa shape index (κ3) is 6.43. The number of carbonyl (C=O) groups is 1. The number of rotatable bonds is 4. The fraction of sp³-hybridized carbons (Fsp3) is 0.450. The quantitative estimate of drug-likeness (QED) is 0.811. The highest BCUT2D eigenvalue weighted by Crippen LogP contribution is 2.26. The van der Waals surface area contributed by atoms with Crippen LogP contribution in [0.25, 0.3) is 0 Å². The van der Waals surface area contributed by atoms with Crippen molar-refractivity contribution in [3.63, 3.8) is 0 Å². The Kier molecular flexibility index (Phi) is 7.07. The van der Waals surface area contributed by atoms with Crippen LogP contribution in [-0.2, 0) is 19.0 Å². The predicted molar refractivity (Wildman–Crippen MR) is 97.7 cm³/mol. The first-order valence-corrected chi connectivity index (χ1v) is 8.94. The van der Waals surface area contributed by atoms with Gasteiger partial charge in [-0.2, -0.15) is 13.2 Å². The molecule has 0 bridgehead atoms. The van der Waals surface area contributed by atoms with E-state index in [1.165, 1.54) is 43.5 Å². The van der Waals surface area contributed by atoms with Crippen molar-refractivity contribution < 1.29 is 18.0 Å². The van der Waals surface area contributed by atoms with Crippen LogP contribution in [0.4, 0.5) is 13.2 Å². The van der Waals surface area contributed by atoms with E-state index in [2.05, 4.69) is 46.5 Å². The van der Waals surface area contributed by atoms with Crippen molar-refractivity contribution in [3.8, 4) is 0 Å². The third-order valence-electron chi connectivity index (χ3n) is 4.31. The molecule has 1 aliphatic heterocycles. The number of carbonyl (C=O) groups excluding carboxylic acids is 1. The summed E-state index contributed by atoms with van der Waals surface area (Å²) in [5.41, 5.74) is 2.81. The van der Waals surface area contributed by atoms with Crippen LogP contribution in [0.5, 0.6) is 0 Å². The summed E-state index contributed by atoms with van der Waals surface area (Å²) in [5.74, 6) is -1.79. The molecule has 1 aromatic carbocycles. The minimum atomic E-state index is -4.61. The summed E-state index contributed by atoms with van der Waals surface area (Å²) in [6.45, 7) is 5.94. The summed E-state index contributed by atoms with van der Waals surface area (Å²) in [4.78, 5) is 17.1. The number of nitrogens with zero attached hydrogens (tertiary/aromatic N) is 2. The molecule has 7 heteroatoms. The molecule has 27 heavy (non-hydrogen) atoms. The van der Waals surface area contributed by atoms with E-state index in [1.54, 1.807) is 0 Å². The van der Waals surface area contributed by atoms with E-state index in [9.17, 15) is 18.0 Å². The Morgan fingerprint density at radius 3 is 2.22 bits per heavy atom. The van der Waals surface area contributed by atoms with Crippen LogP contribution in [0.15, 0.2) is 30.3 Å². The number of nitrogens with one attached hydrogen (secondary N) is 1. The van der Waals surface area contributed by atoms with Gasteiger partial charge in [-0.25, -0.2) is 9.97 Å².